The van der Waals surface area contributed by atoms with Crippen LogP contribution < -0.4 is 10.2 Å². The average Bonchev–Trinajstić information content (AvgIpc) is 2.62. The van der Waals surface area contributed by atoms with E-state index < -0.39 is 0 Å². The van der Waals surface area contributed by atoms with Gasteiger partial charge in [0.25, 0.3) is 5.91 Å². The topological polar surface area (TPSA) is 54.5 Å². The van der Waals surface area contributed by atoms with Gasteiger partial charge < -0.3 is 15.0 Å². The molecule has 126 valence electrons. The van der Waals surface area contributed by atoms with Gasteiger partial charge in [-0.25, -0.2) is 4.98 Å². The number of rotatable bonds is 4. The van der Waals surface area contributed by atoms with Crippen molar-refractivity contribution in [1.29, 1.82) is 0 Å². The molecular weight excluding hydrogens is 370 g/mol. The van der Waals surface area contributed by atoms with Gasteiger partial charge in [-0.1, -0.05) is 34.1 Å². The zero-order chi connectivity index (χ0) is 16.9. The average molecular weight is 390 g/mol. The van der Waals surface area contributed by atoms with Crippen LogP contribution in [0.5, 0.6) is 0 Å². The molecule has 1 aliphatic rings. The van der Waals surface area contributed by atoms with Crippen molar-refractivity contribution in [2.45, 2.75) is 13.0 Å². The summed E-state index contributed by atoms with van der Waals surface area (Å²) in [5.41, 5.74) is 1.64. The quantitative estimate of drug-likeness (QED) is 0.872. The van der Waals surface area contributed by atoms with E-state index in [0.29, 0.717) is 18.8 Å². The summed E-state index contributed by atoms with van der Waals surface area (Å²) in [6, 6.07) is 11.4. The van der Waals surface area contributed by atoms with E-state index in [0.717, 1.165) is 28.9 Å². The first kappa shape index (κ1) is 16.9. The van der Waals surface area contributed by atoms with Crippen LogP contribution >= 0.6 is 15.9 Å². The second kappa shape index (κ2) is 7.77. The Labute approximate surface area is 150 Å². The van der Waals surface area contributed by atoms with Crippen molar-refractivity contribution in [3.05, 3.63) is 58.2 Å². The van der Waals surface area contributed by atoms with Crippen LogP contribution in [0.4, 0.5) is 5.82 Å². The number of amides is 1. The third-order valence-electron chi connectivity index (χ3n) is 4.06. The van der Waals surface area contributed by atoms with E-state index in [-0.39, 0.29) is 11.9 Å². The van der Waals surface area contributed by atoms with Gasteiger partial charge in [-0.3, -0.25) is 4.79 Å². The van der Waals surface area contributed by atoms with Gasteiger partial charge in [-0.15, -0.1) is 0 Å². The Bertz CT molecular complexity index is 717. The summed E-state index contributed by atoms with van der Waals surface area (Å²) < 4.78 is 6.37. The van der Waals surface area contributed by atoms with E-state index in [1.807, 2.05) is 37.3 Å². The Morgan fingerprint density at radius 1 is 1.25 bits per heavy atom. The Morgan fingerprint density at radius 3 is 2.75 bits per heavy atom. The zero-order valence-electron chi connectivity index (χ0n) is 13.5. The molecule has 0 aliphatic carbocycles. The van der Waals surface area contributed by atoms with Gasteiger partial charge in [0.1, 0.15) is 5.82 Å². The molecule has 1 saturated heterocycles. The van der Waals surface area contributed by atoms with Crippen molar-refractivity contribution in [2.75, 3.05) is 31.2 Å². The van der Waals surface area contributed by atoms with Gasteiger partial charge in [-0.05, 0) is 30.7 Å². The minimum atomic E-state index is -0.118. The molecule has 1 N–H and O–H groups in total. The molecule has 2 heterocycles. The summed E-state index contributed by atoms with van der Waals surface area (Å²) in [5.74, 6) is 0.602. The number of ether oxygens (including phenoxy) is 1. The molecule has 1 aromatic heterocycles. The number of pyridine rings is 1. The van der Waals surface area contributed by atoms with Gasteiger partial charge in [0.05, 0.1) is 24.8 Å². The smallest absolute Gasteiger partial charge is 0.255 e. The van der Waals surface area contributed by atoms with Crippen molar-refractivity contribution in [3.63, 3.8) is 0 Å². The molecule has 6 heteroatoms. The van der Waals surface area contributed by atoms with Crippen LogP contribution in [0.1, 0.15) is 28.9 Å². The maximum absolute atomic E-state index is 12.8. The molecule has 24 heavy (non-hydrogen) atoms. The summed E-state index contributed by atoms with van der Waals surface area (Å²) in [7, 11) is 0. The van der Waals surface area contributed by atoms with Crippen LogP contribution in [-0.2, 0) is 4.74 Å². The summed E-state index contributed by atoms with van der Waals surface area (Å²) >= 11 is 3.53. The van der Waals surface area contributed by atoms with Crippen LogP contribution in [-0.4, -0.2) is 37.2 Å². The first-order valence-electron chi connectivity index (χ1n) is 8.00. The lowest BCUT2D eigenvalue weighted by molar-refractivity contribution is 0.0938. The van der Waals surface area contributed by atoms with Crippen LogP contribution in [0, 0.1) is 0 Å². The Balaban J connectivity index is 1.79. The van der Waals surface area contributed by atoms with Crippen molar-refractivity contribution in [3.8, 4) is 0 Å². The number of nitrogens with one attached hydrogen (secondary N) is 1. The number of aromatic nitrogens is 1. The predicted octanol–water partition coefficient (Wildman–Crippen LogP) is 3.17. The molecular formula is C18H20BrN3O2. The minimum Gasteiger partial charge on any atom is -0.378 e. The predicted molar refractivity (Wildman–Crippen MR) is 97.3 cm³/mol. The summed E-state index contributed by atoms with van der Waals surface area (Å²) in [5, 5.41) is 3.07. The largest absolute Gasteiger partial charge is 0.378 e. The van der Waals surface area contributed by atoms with E-state index in [9.17, 15) is 4.79 Å². The third kappa shape index (κ3) is 3.76. The number of nitrogens with zero attached hydrogens (tertiary/aromatic N) is 2. The highest BCUT2D eigenvalue weighted by atomic mass is 79.9. The molecule has 0 spiro atoms. The molecule has 5 nitrogen and oxygen atoms in total. The van der Waals surface area contributed by atoms with Crippen molar-refractivity contribution in [2.24, 2.45) is 0 Å². The van der Waals surface area contributed by atoms with E-state index in [1.54, 1.807) is 12.3 Å². The standard InChI is InChI=1S/C18H20BrN3O2/c1-13(14-5-2-3-7-16(14)19)21-18(23)15-6-4-8-20-17(15)22-9-11-24-12-10-22/h2-8,13H,9-12H2,1H3,(H,21,23). The lowest BCUT2D eigenvalue weighted by atomic mass is 10.1. The molecule has 1 unspecified atom stereocenters. The number of benzene rings is 1. The van der Waals surface area contributed by atoms with Gasteiger partial charge >= 0.3 is 0 Å². The number of carbonyl (C=O) groups excluding carboxylic acids is 1. The summed E-state index contributed by atoms with van der Waals surface area (Å²) in [4.78, 5) is 19.3. The van der Waals surface area contributed by atoms with E-state index >= 15 is 0 Å². The molecule has 0 bridgehead atoms. The van der Waals surface area contributed by atoms with Gasteiger partial charge in [-0.2, -0.15) is 0 Å². The van der Waals surface area contributed by atoms with Gasteiger partial charge in [0, 0.05) is 23.8 Å². The van der Waals surface area contributed by atoms with Crippen molar-refractivity contribution in [1.82, 2.24) is 10.3 Å². The minimum absolute atomic E-state index is 0.106. The summed E-state index contributed by atoms with van der Waals surface area (Å²) in [6.45, 7) is 4.78. The fourth-order valence-electron chi connectivity index (χ4n) is 2.78. The highest BCUT2D eigenvalue weighted by molar-refractivity contribution is 9.10. The first-order valence-corrected chi connectivity index (χ1v) is 8.79. The molecule has 1 aliphatic heterocycles. The molecule has 0 saturated carbocycles. The van der Waals surface area contributed by atoms with E-state index in [2.05, 4.69) is 31.1 Å². The third-order valence-corrected chi connectivity index (χ3v) is 4.78. The van der Waals surface area contributed by atoms with Crippen molar-refractivity contribution >= 4 is 27.7 Å². The molecule has 1 amide bonds. The molecule has 0 radical (unpaired) electrons. The highest BCUT2D eigenvalue weighted by Crippen LogP contribution is 2.24. The van der Waals surface area contributed by atoms with Crippen LogP contribution in [0.3, 0.4) is 0 Å². The molecule has 1 fully saturated rings. The molecule has 1 atom stereocenters. The number of carbonyl (C=O) groups is 1. The summed E-state index contributed by atoms with van der Waals surface area (Å²) in [6.07, 6.45) is 1.72. The zero-order valence-corrected chi connectivity index (χ0v) is 15.1. The van der Waals surface area contributed by atoms with Gasteiger partial charge in [0.2, 0.25) is 0 Å². The molecule has 1 aromatic carbocycles. The number of halogens is 1. The fourth-order valence-corrected chi connectivity index (χ4v) is 3.41. The van der Waals surface area contributed by atoms with Gasteiger partial charge in [0.15, 0.2) is 0 Å². The normalized spacial score (nSPS) is 15.8. The number of anilines is 1. The lowest BCUT2D eigenvalue weighted by Crippen LogP contribution is -2.38. The van der Waals surface area contributed by atoms with E-state index in [4.69, 9.17) is 4.74 Å². The second-order valence-electron chi connectivity index (χ2n) is 5.69. The second-order valence-corrected chi connectivity index (χ2v) is 6.54. The Hall–Kier alpha value is -1.92. The maximum Gasteiger partial charge on any atom is 0.255 e. The number of hydrogen-bond acceptors (Lipinski definition) is 4. The molecule has 2 aromatic rings. The molecule has 3 rings (SSSR count). The highest BCUT2D eigenvalue weighted by Gasteiger charge is 2.21. The lowest BCUT2D eigenvalue weighted by Gasteiger charge is -2.29. The Morgan fingerprint density at radius 2 is 2.00 bits per heavy atom. The number of hydrogen-bond donors (Lipinski definition) is 1. The van der Waals surface area contributed by atoms with Crippen LogP contribution in [0.2, 0.25) is 0 Å². The van der Waals surface area contributed by atoms with Crippen molar-refractivity contribution < 1.29 is 9.53 Å². The first-order chi connectivity index (χ1) is 11.7. The number of morpholine rings is 1. The SMILES string of the molecule is CC(NC(=O)c1cccnc1N1CCOCC1)c1ccccc1Br. The van der Waals surface area contributed by atoms with Crippen LogP contribution in [0.25, 0.3) is 0 Å². The van der Waals surface area contributed by atoms with Crippen LogP contribution in [0.15, 0.2) is 47.1 Å². The Kier molecular flexibility index (Phi) is 5.48. The fraction of sp³-hybridized carbons (Fsp3) is 0.333. The maximum atomic E-state index is 12.8. The monoisotopic (exact) mass is 389 g/mol. The van der Waals surface area contributed by atoms with E-state index in [1.165, 1.54) is 0 Å².